The minimum absolute atomic E-state index is 0.0434. The van der Waals surface area contributed by atoms with E-state index in [4.69, 9.17) is 27.9 Å². The third kappa shape index (κ3) is 4.91. The van der Waals surface area contributed by atoms with E-state index in [0.717, 1.165) is 5.56 Å². The fraction of sp³-hybridized carbons (Fsp3) is 0.286. The van der Waals surface area contributed by atoms with Crippen LogP contribution in [0.3, 0.4) is 0 Å². The number of hydrogen-bond acceptors (Lipinski definition) is 5. The lowest BCUT2D eigenvalue weighted by Crippen LogP contribution is -2.31. The molecule has 158 valence electrons. The number of carbonyl (C=O) groups excluding carboxylic acids is 1. The Labute approximate surface area is 190 Å². The van der Waals surface area contributed by atoms with Crippen LogP contribution >= 0.6 is 35.0 Å². The molecule has 0 saturated heterocycles. The Bertz CT molecular complexity index is 1040. The number of methoxy groups -OCH3 is 1. The van der Waals surface area contributed by atoms with Crippen molar-refractivity contribution in [2.24, 2.45) is 0 Å². The van der Waals surface area contributed by atoms with Crippen molar-refractivity contribution in [3.63, 3.8) is 0 Å². The maximum atomic E-state index is 12.5. The van der Waals surface area contributed by atoms with Gasteiger partial charge in [-0.1, -0.05) is 47.1 Å². The second kappa shape index (κ2) is 10.2. The van der Waals surface area contributed by atoms with E-state index in [1.54, 1.807) is 36.3 Å². The molecule has 0 radical (unpaired) electrons. The van der Waals surface area contributed by atoms with E-state index in [0.29, 0.717) is 45.6 Å². The Morgan fingerprint density at radius 1 is 1.10 bits per heavy atom. The molecule has 0 bridgehead atoms. The molecule has 1 heterocycles. The van der Waals surface area contributed by atoms with E-state index in [1.807, 2.05) is 36.6 Å². The predicted octanol–water partition coefficient (Wildman–Crippen LogP) is 5.21. The van der Waals surface area contributed by atoms with Crippen molar-refractivity contribution in [2.75, 3.05) is 26.0 Å². The van der Waals surface area contributed by atoms with Gasteiger partial charge in [-0.15, -0.1) is 10.2 Å². The Kier molecular flexibility index (Phi) is 7.64. The van der Waals surface area contributed by atoms with Gasteiger partial charge in [-0.3, -0.25) is 9.36 Å². The summed E-state index contributed by atoms with van der Waals surface area (Å²) < 4.78 is 7.39. The summed E-state index contributed by atoms with van der Waals surface area (Å²) in [5.41, 5.74) is 1.47. The molecule has 0 unspecified atom stereocenters. The number of rotatable bonds is 8. The van der Waals surface area contributed by atoms with Crippen LogP contribution in [-0.2, 0) is 4.79 Å². The first kappa shape index (κ1) is 22.5. The summed E-state index contributed by atoms with van der Waals surface area (Å²) in [6.45, 7) is 5.25. The van der Waals surface area contributed by atoms with Crippen molar-refractivity contribution < 1.29 is 9.53 Å². The number of benzene rings is 2. The molecule has 0 saturated carbocycles. The SMILES string of the molecule is CCN(CC)C(=O)CSc1nnc(-c2cccc(Cl)c2)n1-c1cc(Cl)ccc1OC. The average molecular weight is 465 g/mol. The van der Waals surface area contributed by atoms with Crippen LogP contribution in [0.15, 0.2) is 47.6 Å². The largest absolute Gasteiger partial charge is 0.495 e. The Morgan fingerprint density at radius 2 is 1.83 bits per heavy atom. The monoisotopic (exact) mass is 464 g/mol. The highest BCUT2D eigenvalue weighted by atomic mass is 35.5. The summed E-state index contributed by atoms with van der Waals surface area (Å²) >= 11 is 13.8. The van der Waals surface area contributed by atoms with Crippen LogP contribution in [0.5, 0.6) is 5.75 Å². The second-order valence-electron chi connectivity index (χ2n) is 6.32. The van der Waals surface area contributed by atoms with Gasteiger partial charge in [0.05, 0.1) is 18.6 Å². The third-order valence-corrected chi connectivity index (χ3v) is 5.92. The summed E-state index contributed by atoms with van der Waals surface area (Å²) in [4.78, 5) is 14.3. The zero-order valence-corrected chi connectivity index (χ0v) is 19.3. The lowest BCUT2D eigenvalue weighted by molar-refractivity contribution is -0.127. The normalized spacial score (nSPS) is 10.8. The molecule has 3 rings (SSSR count). The molecule has 0 aliphatic carbocycles. The molecule has 30 heavy (non-hydrogen) atoms. The summed E-state index contributed by atoms with van der Waals surface area (Å²) in [6.07, 6.45) is 0. The van der Waals surface area contributed by atoms with Gasteiger partial charge in [0.15, 0.2) is 11.0 Å². The van der Waals surface area contributed by atoms with E-state index in [2.05, 4.69) is 10.2 Å². The van der Waals surface area contributed by atoms with Gasteiger partial charge < -0.3 is 9.64 Å². The molecular formula is C21H22Cl2N4O2S. The highest BCUT2D eigenvalue weighted by Gasteiger charge is 2.21. The average Bonchev–Trinajstić information content (AvgIpc) is 3.17. The van der Waals surface area contributed by atoms with Crippen LogP contribution in [-0.4, -0.2) is 51.5 Å². The fourth-order valence-corrected chi connectivity index (χ4v) is 4.23. The molecule has 0 fully saturated rings. The van der Waals surface area contributed by atoms with Crippen molar-refractivity contribution in [3.05, 3.63) is 52.5 Å². The van der Waals surface area contributed by atoms with Crippen molar-refractivity contribution in [1.29, 1.82) is 0 Å². The highest BCUT2D eigenvalue weighted by Crippen LogP contribution is 2.34. The van der Waals surface area contributed by atoms with Crippen LogP contribution in [0, 0.1) is 0 Å². The Hall–Kier alpha value is -2.22. The lowest BCUT2D eigenvalue weighted by Gasteiger charge is -2.18. The lowest BCUT2D eigenvalue weighted by atomic mass is 10.2. The van der Waals surface area contributed by atoms with Crippen molar-refractivity contribution in [3.8, 4) is 22.8 Å². The fourth-order valence-electron chi connectivity index (χ4n) is 3.03. The minimum Gasteiger partial charge on any atom is -0.495 e. The molecule has 1 aromatic heterocycles. The van der Waals surface area contributed by atoms with Crippen molar-refractivity contribution in [1.82, 2.24) is 19.7 Å². The number of carbonyl (C=O) groups is 1. The number of hydrogen-bond donors (Lipinski definition) is 0. The number of aromatic nitrogens is 3. The highest BCUT2D eigenvalue weighted by molar-refractivity contribution is 7.99. The summed E-state index contributed by atoms with van der Waals surface area (Å²) in [5, 5.41) is 10.4. The smallest absolute Gasteiger partial charge is 0.233 e. The van der Waals surface area contributed by atoms with Gasteiger partial charge in [-0.05, 0) is 44.2 Å². The molecule has 6 nitrogen and oxygen atoms in total. The van der Waals surface area contributed by atoms with Gasteiger partial charge in [0.1, 0.15) is 5.75 Å². The first-order valence-electron chi connectivity index (χ1n) is 9.44. The van der Waals surface area contributed by atoms with Crippen LogP contribution in [0.4, 0.5) is 0 Å². The van der Waals surface area contributed by atoms with Gasteiger partial charge in [-0.25, -0.2) is 0 Å². The van der Waals surface area contributed by atoms with Crippen LogP contribution in [0.25, 0.3) is 17.1 Å². The Morgan fingerprint density at radius 3 is 2.50 bits per heavy atom. The third-order valence-electron chi connectivity index (χ3n) is 4.54. The predicted molar refractivity (Wildman–Crippen MR) is 122 cm³/mol. The standard InChI is InChI=1S/C21H22Cl2N4O2S/c1-4-26(5-2)19(28)13-30-21-25-24-20(14-7-6-8-15(22)11-14)27(21)17-12-16(23)9-10-18(17)29-3/h6-12H,4-5,13H2,1-3H3. The van der Waals surface area contributed by atoms with Gasteiger partial charge in [-0.2, -0.15) is 0 Å². The number of halogens is 2. The molecule has 1 amide bonds. The van der Waals surface area contributed by atoms with Crippen LogP contribution in [0.2, 0.25) is 10.0 Å². The first-order valence-corrected chi connectivity index (χ1v) is 11.2. The molecule has 0 N–H and O–H groups in total. The number of amides is 1. The summed E-state index contributed by atoms with van der Waals surface area (Å²) in [5.74, 6) is 1.48. The molecule has 9 heteroatoms. The number of thioether (sulfide) groups is 1. The van der Waals surface area contributed by atoms with Gasteiger partial charge in [0.2, 0.25) is 5.91 Å². The topological polar surface area (TPSA) is 60.2 Å². The van der Waals surface area contributed by atoms with Crippen LogP contribution in [0.1, 0.15) is 13.8 Å². The molecule has 0 aliphatic heterocycles. The summed E-state index contributed by atoms with van der Waals surface area (Å²) in [6, 6.07) is 12.7. The zero-order chi connectivity index (χ0) is 21.7. The zero-order valence-electron chi connectivity index (χ0n) is 16.9. The Balaban J connectivity index is 2.08. The van der Waals surface area contributed by atoms with Gasteiger partial charge in [0, 0.05) is 28.7 Å². The first-order chi connectivity index (χ1) is 14.5. The van der Waals surface area contributed by atoms with E-state index >= 15 is 0 Å². The molecule has 0 aliphatic rings. The van der Waals surface area contributed by atoms with Crippen molar-refractivity contribution >= 4 is 40.9 Å². The quantitative estimate of drug-likeness (QED) is 0.428. The van der Waals surface area contributed by atoms with Crippen LogP contribution < -0.4 is 4.74 Å². The van der Waals surface area contributed by atoms with Gasteiger partial charge >= 0.3 is 0 Å². The summed E-state index contributed by atoms with van der Waals surface area (Å²) in [7, 11) is 1.59. The molecule has 0 spiro atoms. The van der Waals surface area contributed by atoms with E-state index in [-0.39, 0.29) is 11.7 Å². The molecular weight excluding hydrogens is 443 g/mol. The minimum atomic E-state index is 0.0434. The number of nitrogens with zero attached hydrogens (tertiary/aromatic N) is 4. The molecule has 0 atom stereocenters. The number of ether oxygens (including phenoxy) is 1. The maximum absolute atomic E-state index is 12.5. The molecule has 2 aromatic carbocycles. The van der Waals surface area contributed by atoms with Crippen molar-refractivity contribution in [2.45, 2.75) is 19.0 Å². The van der Waals surface area contributed by atoms with E-state index < -0.39 is 0 Å². The van der Waals surface area contributed by atoms with E-state index in [9.17, 15) is 4.79 Å². The van der Waals surface area contributed by atoms with E-state index in [1.165, 1.54) is 11.8 Å². The van der Waals surface area contributed by atoms with Gasteiger partial charge in [0.25, 0.3) is 0 Å². The second-order valence-corrected chi connectivity index (χ2v) is 8.14. The molecule has 3 aromatic rings. The maximum Gasteiger partial charge on any atom is 0.233 e.